The molecular formula is C2H5NaO3S. The molecule has 0 saturated heterocycles. The molecule has 0 unspecified atom stereocenters. The molecule has 0 aromatic carbocycles. The molecule has 0 rings (SSSR count). The van der Waals surface area contributed by atoms with Gasteiger partial charge in [0.2, 0.25) is 0 Å². The standard InChI is InChI=1S/C2H4O2S.Na.H2O/c1-2(3)4-5;;/h5H,1H3;;1H2/q;+1;/p-1. The predicted molar refractivity (Wildman–Crippen MR) is 22.7 cm³/mol. The first-order valence-corrected chi connectivity index (χ1v) is 1.46. The summed E-state index contributed by atoms with van der Waals surface area (Å²) in [7, 11) is 0. The topological polar surface area (TPSA) is 56.3 Å². The third-order valence-corrected chi connectivity index (χ3v) is 0.386. The normalized spacial score (nSPS) is 4.86. The van der Waals surface area contributed by atoms with E-state index >= 15 is 0 Å². The summed E-state index contributed by atoms with van der Waals surface area (Å²) in [5.41, 5.74) is 0. The van der Waals surface area contributed by atoms with E-state index in [2.05, 4.69) is 17.1 Å². The fourth-order valence-corrected chi connectivity index (χ4v) is 0. The zero-order valence-electron chi connectivity index (χ0n) is 4.21. The van der Waals surface area contributed by atoms with Crippen LogP contribution in [0.15, 0.2) is 0 Å². The fourth-order valence-electron chi connectivity index (χ4n) is 0. The number of carbonyl (C=O) groups excluding carboxylic acids is 1. The first-order valence-electron chi connectivity index (χ1n) is 1.09. The maximum atomic E-state index is 9.51. The Labute approximate surface area is 69.6 Å². The fraction of sp³-hybridized carbons (Fsp3) is 0.500. The minimum atomic E-state index is -0.381. The molecule has 5 heteroatoms. The van der Waals surface area contributed by atoms with Crippen LogP contribution in [-0.2, 0) is 8.98 Å². The molecule has 38 valence electrons. The van der Waals surface area contributed by atoms with E-state index in [0.29, 0.717) is 0 Å². The molecular weight excluding hydrogens is 127 g/mol. The summed E-state index contributed by atoms with van der Waals surface area (Å²) < 4.78 is 3.81. The van der Waals surface area contributed by atoms with E-state index in [1.807, 2.05) is 0 Å². The van der Waals surface area contributed by atoms with Crippen molar-refractivity contribution in [3.05, 3.63) is 0 Å². The second-order valence-electron chi connectivity index (χ2n) is 0.583. The van der Waals surface area contributed by atoms with Gasteiger partial charge in [0, 0.05) is 19.8 Å². The molecule has 0 aliphatic carbocycles. The Kier molecular flexibility index (Phi) is 22.2. The SMILES string of the molecule is CC(=O)OS.[Na+].[OH-]. The van der Waals surface area contributed by atoms with Gasteiger partial charge in [-0.05, 0) is 0 Å². The Bertz CT molecular complexity index is 48.2. The summed E-state index contributed by atoms with van der Waals surface area (Å²) in [6.07, 6.45) is 0. The van der Waals surface area contributed by atoms with Gasteiger partial charge in [0.25, 0.3) is 0 Å². The summed E-state index contributed by atoms with van der Waals surface area (Å²) in [6, 6.07) is 0. The average Bonchev–Trinajstić information content (AvgIpc) is 1.38. The van der Waals surface area contributed by atoms with Gasteiger partial charge in [-0.1, -0.05) is 0 Å². The molecule has 0 aliphatic heterocycles. The van der Waals surface area contributed by atoms with E-state index < -0.39 is 0 Å². The maximum absolute atomic E-state index is 9.51. The van der Waals surface area contributed by atoms with Crippen LogP contribution in [0.5, 0.6) is 0 Å². The van der Waals surface area contributed by atoms with Crippen LogP contribution in [-0.4, -0.2) is 11.4 Å². The molecule has 0 heterocycles. The van der Waals surface area contributed by atoms with Crippen molar-refractivity contribution in [3.8, 4) is 0 Å². The summed E-state index contributed by atoms with van der Waals surface area (Å²) in [4.78, 5) is 9.51. The number of rotatable bonds is 0. The molecule has 3 nitrogen and oxygen atoms in total. The third kappa shape index (κ3) is 20.0. The number of hydrogen-bond acceptors (Lipinski definition) is 4. The molecule has 0 atom stereocenters. The number of hydrogen-bond donors (Lipinski definition) is 1. The molecule has 0 spiro atoms. The summed E-state index contributed by atoms with van der Waals surface area (Å²) in [5, 5.41) is 0. The Balaban J connectivity index is -0.0000000800. The van der Waals surface area contributed by atoms with Crippen LogP contribution in [0.1, 0.15) is 6.92 Å². The van der Waals surface area contributed by atoms with Crippen molar-refractivity contribution < 1.29 is 44.0 Å². The third-order valence-electron chi connectivity index (χ3n) is 0.129. The zero-order valence-corrected chi connectivity index (χ0v) is 7.11. The van der Waals surface area contributed by atoms with E-state index in [9.17, 15) is 4.79 Å². The number of thiol groups is 1. The summed E-state index contributed by atoms with van der Waals surface area (Å²) >= 11 is 3.17. The molecule has 1 N–H and O–H groups in total. The zero-order chi connectivity index (χ0) is 4.28. The van der Waals surface area contributed by atoms with E-state index in [0.717, 1.165) is 0 Å². The molecule has 0 radical (unpaired) electrons. The quantitative estimate of drug-likeness (QED) is 0.220. The van der Waals surface area contributed by atoms with E-state index in [1.165, 1.54) is 6.92 Å². The van der Waals surface area contributed by atoms with Crippen LogP contribution in [0.3, 0.4) is 0 Å². The van der Waals surface area contributed by atoms with Gasteiger partial charge < -0.3 is 9.66 Å². The van der Waals surface area contributed by atoms with Crippen LogP contribution in [0, 0.1) is 0 Å². The van der Waals surface area contributed by atoms with Gasteiger partial charge in [0.15, 0.2) is 0 Å². The van der Waals surface area contributed by atoms with Gasteiger partial charge in [-0.2, -0.15) is 0 Å². The van der Waals surface area contributed by atoms with Gasteiger partial charge >= 0.3 is 35.5 Å². The van der Waals surface area contributed by atoms with Crippen LogP contribution in [0.25, 0.3) is 0 Å². The first-order chi connectivity index (χ1) is 2.27. The first kappa shape index (κ1) is 15.7. The predicted octanol–water partition coefficient (Wildman–Crippen LogP) is -2.78. The molecule has 0 aliphatic rings. The van der Waals surface area contributed by atoms with Gasteiger partial charge in [0.05, 0.1) is 0 Å². The maximum Gasteiger partial charge on any atom is 1.00 e. The molecule has 7 heavy (non-hydrogen) atoms. The van der Waals surface area contributed by atoms with E-state index in [-0.39, 0.29) is 41.0 Å². The van der Waals surface area contributed by atoms with Crippen LogP contribution < -0.4 is 29.6 Å². The minimum Gasteiger partial charge on any atom is -0.870 e. The van der Waals surface area contributed by atoms with E-state index in [1.54, 1.807) is 0 Å². The van der Waals surface area contributed by atoms with Crippen molar-refractivity contribution in [1.82, 2.24) is 0 Å². The minimum absolute atomic E-state index is 0. The van der Waals surface area contributed by atoms with Gasteiger partial charge in [-0.3, -0.25) is 4.79 Å². The Hall–Kier alpha value is 0.780. The molecule has 0 amide bonds. The van der Waals surface area contributed by atoms with Crippen LogP contribution >= 0.6 is 12.9 Å². The molecule has 0 bridgehead atoms. The largest absolute Gasteiger partial charge is 1.00 e. The molecule has 0 aromatic rings. The van der Waals surface area contributed by atoms with E-state index in [4.69, 9.17) is 0 Å². The summed E-state index contributed by atoms with van der Waals surface area (Å²) in [6.45, 7) is 1.28. The Morgan fingerprint density at radius 1 is 1.71 bits per heavy atom. The monoisotopic (exact) mass is 132 g/mol. The molecule has 0 saturated carbocycles. The number of carbonyl (C=O) groups is 1. The van der Waals surface area contributed by atoms with Crippen molar-refractivity contribution in [2.75, 3.05) is 0 Å². The van der Waals surface area contributed by atoms with Crippen LogP contribution in [0.2, 0.25) is 0 Å². The van der Waals surface area contributed by atoms with Crippen molar-refractivity contribution in [2.24, 2.45) is 0 Å². The Morgan fingerprint density at radius 2 is 1.86 bits per heavy atom. The molecule has 0 fully saturated rings. The van der Waals surface area contributed by atoms with Gasteiger partial charge in [-0.15, -0.1) is 0 Å². The smallest absolute Gasteiger partial charge is 0.870 e. The van der Waals surface area contributed by atoms with Crippen molar-refractivity contribution in [3.63, 3.8) is 0 Å². The second kappa shape index (κ2) is 9.91. The second-order valence-corrected chi connectivity index (χ2v) is 0.765. The van der Waals surface area contributed by atoms with Crippen LogP contribution in [0.4, 0.5) is 0 Å². The van der Waals surface area contributed by atoms with Crippen molar-refractivity contribution in [1.29, 1.82) is 0 Å². The Morgan fingerprint density at radius 3 is 1.86 bits per heavy atom. The van der Waals surface area contributed by atoms with Crippen molar-refractivity contribution in [2.45, 2.75) is 6.92 Å². The van der Waals surface area contributed by atoms with Gasteiger partial charge in [0.1, 0.15) is 0 Å². The van der Waals surface area contributed by atoms with Crippen molar-refractivity contribution >= 4 is 18.9 Å². The average molecular weight is 132 g/mol. The summed E-state index contributed by atoms with van der Waals surface area (Å²) in [5.74, 6) is -0.381. The molecule has 0 aromatic heterocycles. The van der Waals surface area contributed by atoms with Gasteiger partial charge in [-0.25, -0.2) is 0 Å².